The summed E-state index contributed by atoms with van der Waals surface area (Å²) in [7, 11) is 0. The average molecular weight is 296 g/mol. The maximum atomic E-state index is 8.99. The lowest BCUT2D eigenvalue weighted by molar-refractivity contribution is 0.872. The fourth-order valence-electron chi connectivity index (χ4n) is 1.93. The highest BCUT2D eigenvalue weighted by Crippen LogP contribution is 2.09. The molecule has 0 radical (unpaired) electrons. The second kappa shape index (κ2) is 7.36. The van der Waals surface area contributed by atoms with Crippen LogP contribution in [-0.2, 0) is 6.42 Å². The van der Waals surface area contributed by atoms with E-state index >= 15 is 0 Å². The molecule has 0 spiro atoms. The van der Waals surface area contributed by atoms with E-state index in [0.29, 0.717) is 16.5 Å². The van der Waals surface area contributed by atoms with E-state index in [4.69, 9.17) is 17.5 Å². The van der Waals surface area contributed by atoms with Crippen molar-refractivity contribution in [3.05, 3.63) is 59.3 Å². The second-order valence-corrected chi connectivity index (χ2v) is 5.04. The van der Waals surface area contributed by atoms with Crippen molar-refractivity contribution in [2.45, 2.75) is 13.3 Å². The molecule has 21 heavy (non-hydrogen) atoms. The molecule has 106 valence electrons. The van der Waals surface area contributed by atoms with Gasteiger partial charge in [0, 0.05) is 12.7 Å². The van der Waals surface area contributed by atoms with Crippen molar-refractivity contribution >= 4 is 23.1 Å². The summed E-state index contributed by atoms with van der Waals surface area (Å²) < 4.78 is 0. The van der Waals surface area contributed by atoms with Gasteiger partial charge in [0.15, 0.2) is 5.11 Å². The van der Waals surface area contributed by atoms with E-state index in [9.17, 15) is 0 Å². The van der Waals surface area contributed by atoms with Gasteiger partial charge in [-0.1, -0.05) is 29.8 Å². The number of rotatable bonds is 4. The Morgan fingerprint density at radius 2 is 2.19 bits per heavy atom. The Labute approximate surface area is 129 Å². The first-order valence-corrected chi connectivity index (χ1v) is 7.05. The van der Waals surface area contributed by atoms with Gasteiger partial charge in [0.25, 0.3) is 0 Å². The van der Waals surface area contributed by atoms with Crippen LogP contribution in [0, 0.1) is 18.3 Å². The number of benzene rings is 1. The number of thiocarbonyl (C=S) groups is 1. The third-order valence-electron chi connectivity index (χ3n) is 2.94. The average Bonchev–Trinajstić information content (AvgIpc) is 2.48. The van der Waals surface area contributed by atoms with Crippen molar-refractivity contribution in [3.63, 3.8) is 0 Å². The minimum atomic E-state index is 0.470. The first kappa shape index (κ1) is 14.9. The highest BCUT2D eigenvalue weighted by Gasteiger charge is 2.04. The molecule has 5 heteroatoms. The van der Waals surface area contributed by atoms with Crippen LogP contribution in [0.4, 0.5) is 5.82 Å². The molecule has 1 aromatic carbocycles. The van der Waals surface area contributed by atoms with Crippen LogP contribution >= 0.6 is 12.2 Å². The van der Waals surface area contributed by atoms with Crippen LogP contribution in [0.3, 0.4) is 0 Å². The highest BCUT2D eigenvalue weighted by molar-refractivity contribution is 7.80. The Morgan fingerprint density at radius 3 is 2.95 bits per heavy atom. The molecular weight excluding hydrogens is 280 g/mol. The van der Waals surface area contributed by atoms with E-state index in [0.717, 1.165) is 13.0 Å². The zero-order chi connectivity index (χ0) is 15.1. The van der Waals surface area contributed by atoms with Crippen LogP contribution in [0.1, 0.15) is 16.7 Å². The van der Waals surface area contributed by atoms with Gasteiger partial charge >= 0.3 is 0 Å². The SMILES string of the molecule is Cc1cccc(CCNC(=S)Nc2ncccc2C#N)c1. The Bertz CT molecular complexity index is 676. The normalized spacial score (nSPS) is 9.71. The molecule has 0 saturated carbocycles. The molecular formula is C16H16N4S. The number of nitrogens with one attached hydrogen (secondary N) is 2. The van der Waals surface area contributed by atoms with Gasteiger partial charge in [0.2, 0.25) is 0 Å². The van der Waals surface area contributed by atoms with E-state index in [2.05, 4.69) is 46.8 Å². The molecule has 0 saturated heterocycles. The third kappa shape index (κ3) is 4.55. The van der Waals surface area contributed by atoms with Crippen LogP contribution in [0.5, 0.6) is 0 Å². The maximum absolute atomic E-state index is 8.99. The number of nitriles is 1. The zero-order valence-corrected chi connectivity index (χ0v) is 12.6. The Hall–Kier alpha value is -2.45. The quantitative estimate of drug-likeness (QED) is 0.850. The van der Waals surface area contributed by atoms with Gasteiger partial charge < -0.3 is 10.6 Å². The summed E-state index contributed by atoms with van der Waals surface area (Å²) in [5.41, 5.74) is 2.99. The van der Waals surface area contributed by atoms with Gasteiger partial charge in [0.1, 0.15) is 11.9 Å². The van der Waals surface area contributed by atoms with E-state index in [-0.39, 0.29) is 0 Å². The van der Waals surface area contributed by atoms with Gasteiger partial charge in [-0.3, -0.25) is 0 Å². The number of hydrogen-bond acceptors (Lipinski definition) is 3. The number of aryl methyl sites for hydroxylation is 1. The number of anilines is 1. The summed E-state index contributed by atoms with van der Waals surface area (Å²) in [5.74, 6) is 0.480. The minimum Gasteiger partial charge on any atom is -0.362 e. The number of aromatic nitrogens is 1. The summed E-state index contributed by atoms with van der Waals surface area (Å²) >= 11 is 5.21. The van der Waals surface area contributed by atoms with Crippen LogP contribution in [0.15, 0.2) is 42.6 Å². The van der Waals surface area contributed by atoms with Crippen LogP contribution in [0.25, 0.3) is 0 Å². The Balaban J connectivity index is 1.84. The van der Waals surface area contributed by atoms with Crippen molar-refractivity contribution < 1.29 is 0 Å². The predicted octanol–water partition coefficient (Wildman–Crippen LogP) is 2.79. The molecule has 2 N–H and O–H groups in total. The van der Waals surface area contributed by atoms with Crippen molar-refractivity contribution in [2.24, 2.45) is 0 Å². The Kier molecular flexibility index (Phi) is 5.24. The van der Waals surface area contributed by atoms with Crippen molar-refractivity contribution in [1.29, 1.82) is 5.26 Å². The zero-order valence-electron chi connectivity index (χ0n) is 11.8. The molecule has 0 bridgehead atoms. The minimum absolute atomic E-state index is 0.470. The molecule has 0 aliphatic carbocycles. The summed E-state index contributed by atoms with van der Waals surface area (Å²) in [6, 6.07) is 13.9. The lowest BCUT2D eigenvalue weighted by Gasteiger charge is -2.10. The van der Waals surface area contributed by atoms with Crippen LogP contribution in [0.2, 0.25) is 0 Å². The second-order valence-electron chi connectivity index (χ2n) is 4.63. The largest absolute Gasteiger partial charge is 0.362 e. The summed E-state index contributed by atoms with van der Waals surface area (Å²) in [6.45, 7) is 2.80. The van der Waals surface area contributed by atoms with Gasteiger partial charge in [-0.2, -0.15) is 5.26 Å². The van der Waals surface area contributed by atoms with Crippen LogP contribution < -0.4 is 10.6 Å². The molecule has 0 atom stereocenters. The van der Waals surface area contributed by atoms with E-state index in [1.54, 1.807) is 18.3 Å². The topological polar surface area (TPSA) is 60.7 Å². The highest BCUT2D eigenvalue weighted by atomic mass is 32.1. The molecule has 1 heterocycles. The number of hydrogen-bond donors (Lipinski definition) is 2. The van der Waals surface area contributed by atoms with Gasteiger partial charge in [-0.25, -0.2) is 4.98 Å². The smallest absolute Gasteiger partial charge is 0.171 e. The summed E-state index contributed by atoms with van der Waals surface area (Å²) in [6.07, 6.45) is 2.51. The van der Waals surface area contributed by atoms with Crippen molar-refractivity contribution in [3.8, 4) is 6.07 Å². The lowest BCUT2D eigenvalue weighted by atomic mass is 10.1. The molecule has 1 aromatic heterocycles. The first-order chi connectivity index (χ1) is 10.2. The molecule has 0 aliphatic rings. The lowest BCUT2D eigenvalue weighted by Crippen LogP contribution is -2.30. The van der Waals surface area contributed by atoms with Crippen molar-refractivity contribution in [1.82, 2.24) is 10.3 Å². The summed E-state index contributed by atoms with van der Waals surface area (Å²) in [4.78, 5) is 4.11. The molecule has 2 rings (SSSR count). The predicted molar refractivity (Wildman–Crippen MR) is 88.1 cm³/mol. The monoisotopic (exact) mass is 296 g/mol. The number of nitrogens with zero attached hydrogens (tertiary/aromatic N) is 2. The standard InChI is InChI=1S/C16H16N4S/c1-12-4-2-5-13(10-12)7-9-19-16(21)20-15-14(11-17)6-3-8-18-15/h2-6,8,10H,7,9H2,1H3,(H2,18,19,20,21). The molecule has 2 aromatic rings. The Morgan fingerprint density at radius 1 is 1.33 bits per heavy atom. The molecule has 0 amide bonds. The van der Waals surface area contributed by atoms with Crippen LogP contribution in [-0.4, -0.2) is 16.6 Å². The van der Waals surface area contributed by atoms with Crippen molar-refractivity contribution in [2.75, 3.05) is 11.9 Å². The van der Waals surface area contributed by atoms with E-state index in [1.165, 1.54) is 11.1 Å². The third-order valence-corrected chi connectivity index (χ3v) is 3.19. The van der Waals surface area contributed by atoms with E-state index in [1.807, 2.05) is 6.07 Å². The fraction of sp³-hybridized carbons (Fsp3) is 0.188. The fourth-order valence-corrected chi connectivity index (χ4v) is 2.13. The molecule has 0 unspecified atom stereocenters. The molecule has 0 aliphatic heterocycles. The summed E-state index contributed by atoms with van der Waals surface area (Å²) in [5, 5.41) is 15.5. The van der Waals surface area contributed by atoms with E-state index < -0.39 is 0 Å². The number of pyridine rings is 1. The maximum Gasteiger partial charge on any atom is 0.171 e. The molecule has 0 fully saturated rings. The van der Waals surface area contributed by atoms with Gasteiger partial charge in [0.05, 0.1) is 5.56 Å². The van der Waals surface area contributed by atoms with Gasteiger partial charge in [-0.15, -0.1) is 0 Å². The molecule has 4 nitrogen and oxygen atoms in total. The first-order valence-electron chi connectivity index (χ1n) is 6.64. The van der Waals surface area contributed by atoms with Gasteiger partial charge in [-0.05, 0) is 43.3 Å².